The van der Waals surface area contributed by atoms with E-state index in [1.165, 1.54) is 13.3 Å². The van der Waals surface area contributed by atoms with Gasteiger partial charge in [-0.15, -0.1) is 0 Å². The van der Waals surface area contributed by atoms with E-state index in [9.17, 15) is 4.79 Å². The molecule has 0 saturated heterocycles. The summed E-state index contributed by atoms with van der Waals surface area (Å²) in [6, 6.07) is 6.66. The Hall–Kier alpha value is -1.79. The highest BCUT2D eigenvalue weighted by Gasteiger charge is 2.15. The summed E-state index contributed by atoms with van der Waals surface area (Å²) in [6.45, 7) is 0.0247. The van der Waals surface area contributed by atoms with E-state index in [2.05, 4.69) is 20.9 Å². The van der Waals surface area contributed by atoms with Crippen molar-refractivity contribution in [3.63, 3.8) is 0 Å². The molecule has 1 aromatic carbocycles. The maximum atomic E-state index is 12.0. The molecule has 22 heavy (non-hydrogen) atoms. The average molecular weight is 387 g/mol. The molecule has 0 aliphatic rings. The molecule has 0 spiro atoms. The number of nitrogens with zero attached hydrogens (tertiary/aromatic N) is 1. The number of hydrogen-bond donors (Lipinski definition) is 0. The third-order valence-electron chi connectivity index (χ3n) is 2.89. The lowest BCUT2D eigenvalue weighted by molar-refractivity contribution is 0.0469. The van der Waals surface area contributed by atoms with Crippen LogP contribution in [0.1, 0.15) is 15.9 Å². The number of rotatable bonds is 5. The lowest BCUT2D eigenvalue weighted by Crippen LogP contribution is -2.07. The zero-order valence-electron chi connectivity index (χ0n) is 11.9. The summed E-state index contributed by atoms with van der Waals surface area (Å²) in [5, 5.41) is 0.104. The van der Waals surface area contributed by atoms with Gasteiger partial charge in [0.2, 0.25) is 0 Å². The molecule has 116 valence electrons. The van der Waals surface area contributed by atoms with Gasteiger partial charge in [-0.1, -0.05) is 11.6 Å². The minimum atomic E-state index is -0.554. The van der Waals surface area contributed by atoms with Gasteiger partial charge in [0, 0.05) is 11.8 Å². The summed E-state index contributed by atoms with van der Waals surface area (Å²) in [7, 11) is 3.09. The van der Waals surface area contributed by atoms with Gasteiger partial charge in [0.25, 0.3) is 0 Å². The van der Waals surface area contributed by atoms with Gasteiger partial charge in [0.1, 0.15) is 23.3 Å². The fourth-order valence-electron chi connectivity index (χ4n) is 1.80. The fourth-order valence-corrected chi connectivity index (χ4v) is 2.48. The number of hydrogen-bond acceptors (Lipinski definition) is 5. The molecule has 0 fully saturated rings. The molecule has 0 amide bonds. The molecular weight excluding hydrogens is 374 g/mol. The van der Waals surface area contributed by atoms with Crippen LogP contribution in [0.25, 0.3) is 0 Å². The molecule has 1 heterocycles. The Morgan fingerprint density at radius 3 is 2.64 bits per heavy atom. The summed E-state index contributed by atoms with van der Waals surface area (Å²) >= 11 is 9.24. The van der Waals surface area contributed by atoms with Gasteiger partial charge >= 0.3 is 5.97 Å². The molecular formula is C15H13BrClNO4. The lowest BCUT2D eigenvalue weighted by atomic mass is 10.2. The van der Waals surface area contributed by atoms with Crippen LogP contribution in [0, 0.1) is 0 Å². The smallest absolute Gasteiger partial charge is 0.341 e. The Balaban J connectivity index is 2.17. The van der Waals surface area contributed by atoms with E-state index < -0.39 is 5.97 Å². The van der Waals surface area contributed by atoms with Crippen LogP contribution >= 0.6 is 27.5 Å². The van der Waals surface area contributed by atoms with Crippen molar-refractivity contribution in [3.8, 4) is 11.5 Å². The predicted octanol–water partition coefficient (Wildman–Crippen LogP) is 3.87. The zero-order valence-corrected chi connectivity index (χ0v) is 14.3. The van der Waals surface area contributed by atoms with Crippen molar-refractivity contribution >= 4 is 33.5 Å². The van der Waals surface area contributed by atoms with Gasteiger partial charge in [-0.05, 0) is 40.2 Å². The maximum Gasteiger partial charge on any atom is 0.341 e. The number of carbonyl (C=O) groups excluding carboxylic acids is 1. The second kappa shape index (κ2) is 7.47. The van der Waals surface area contributed by atoms with Crippen molar-refractivity contribution in [2.45, 2.75) is 6.61 Å². The Bertz CT molecular complexity index is 693. The summed E-state index contributed by atoms with van der Waals surface area (Å²) in [4.78, 5) is 15.9. The van der Waals surface area contributed by atoms with Crippen LogP contribution in [0.3, 0.4) is 0 Å². The molecule has 2 aromatic rings. The van der Waals surface area contributed by atoms with Gasteiger partial charge in [-0.25, -0.2) is 9.78 Å². The Morgan fingerprint density at radius 2 is 2.00 bits per heavy atom. The van der Waals surface area contributed by atoms with Crippen molar-refractivity contribution in [1.82, 2.24) is 4.98 Å². The highest BCUT2D eigenvalue weighted by atomic mass is 79.9. The van der Waals surface area contributed by atoms with E-state index in [0.717, 1.165) is 4.47 Å². The van der Waals surface area contributed by atoms with Crippen LogP contribution in [0.5, 0.6) is 11.5 Å². The van der Waals surface area contributed by atoms with Crippen LogP contribution in [-0.4, -0.2) is 25.2 Å². The van der Waals surface area contributed by atoms with Crippen molar-refractivity contribution in [1.29, 1.82) is 0 Å². The normalized spacial score (nSPS) is 10.2. The molecule has 0 radical (unpaired) electrons. The van der Waals surface area contributed by atoms with Gasteiger partial charge in [-0.3, -0.25) is 0 Å². The molecule has 0 bridgehead atoms. The van der Waals surface area contributed by atoms with Crippen molar-refractivity contribution in [2.24, 2.45) is 0 Å². The number of aromatic nitrogens is 1. The highest BCUT2D eigenvalue weighted by Crippen LogP contribution is 2.33. The van der Waals surface area contributed by atoms with E-state index in [1.807, 2.05) is 0 Å². The molecule has 0 atom stereocenters. The number of halogens is 2. The Morgan fingerprint density at radius 1 is 1.27 bits per heavy atom. The van der Waals surface area contributed by atoms with E-state index in [1.54, 1.807) is 31.4 Å². The number of methoxy groups -OCH3 is 2. The average Bonchev–Trinajstić information content (AvgIpc) is 2.53. The van der Waals surface area contributed by atoms with E-state index in [0.29, 0.717) is 17.1 Å². The summed E-state index contributed by atoms with van der Waals surface area (Å²) in [5.74, 6) is 0.644. The second-order valence-corrected chi connectivity index (χ2v) is 5.43. The van der Waals surface area contributed by atoms with Crippen LogP contribution in [0.15, 0.2) is 34.9 Å². The second-order valence-electron chi connectivity index (χ2n) is 4.22. The van der Waals surface area contributed by atoms with E-state index in [-0.39, 0.29) is 17.3 Å². The third kappa shape index (κ3) is 3.69. The predicted molar refractivity (Wildman–Crippen MR) is 85.6 cm³/mol. The lowest BCUT2D eigenvalue weighted by Gasteiger charge is -2.12. The molecule has 7 heteroatoms. The number of benzene rings is 1. The van der Waals surface area contributed by atoms with Crippen LogP contribution in [0.2, 0.25) is 5.15 Å². The van der Waals surface area contributed by atoms with Gasteiger partial charge in [0.15, 0.2) is 0 Å². The van der Waals surface area contributed by atoms with E-state index in [4.69, 9.17) is 25.8 Å². The molecule has 0 saturated carbocycles. The SMILES string of the molecule is COc1cc(COC(=O)c2cccnc2Cl)c(OC)cc1Br. The van der Waals surface area contributed by atoms with Gasteiger partial charge in [0.05, 0.1) is 24.3 Å². The Labute approximate surface area is 141 Å². The van der Waals surface area contributed by atoms with E-state index >= 15 is 0 Å². The first-order chi connectivity index (χ1) is 10.6. The molecule has 1 aromatic heterocycles. The first-order valence-corrected chi connectivity index (χ1v) is 7.42. The molecule has 5 nitrogen and oxygen atoms in total. The van der Waals surface area contributed by atoms with Crippen LogP contribution in [-0.2, 0) is 11.3 Å². The molecule has 0 N–H and O–H groups in total. The number of carbonyl (C=O) groups is 1. The number of pyridine rings is 1. The van der Waals surface area contributed by atoms with Crippen molar-refractivity contribution in [3.05, 3.63) is 51.2 Å². The topological polar surface area (TPSA) is 57.7 Å². The molecule has 0 aliphatic heterocycles. The third-order valence-corrected chi connectivity index (χ3v) is 3.81. The summed E-state index contributed by atoms with van der Waals surface area (Å²) < 4.78 is 16.5. The first kappa shape index (κ1) is 16.6. The standard InChI is InChI=1S/C15H13BrClNO4/c1-20-12-7-11(16)13(21-2)6-9(12)8-22-15(19)10-4-3-5-18-14(10)17/h3-7H,8H2,1-2H3. The van der Waals surface area contributed by atoms with Gasteiger partial charge < -0.3 is 14.2 Å². The zero-order chi connectivity index (χ0) is 16.1. The van der Waals surface area contributed by atoms with Crippen LogP contribution < -0.4 is 9.47 Å². The monoisotopic (exact) mass is 385 g/mol. The number of ether oxygens (including phenoxy) is 3. The summed E-state index contributed by atoms with van der Waals surface area (Å²) in [5.41, 5.74) is 0.892. The molecule has 0 aliphatic carbocycles. The summed E-state index contributed by atoms with van der Waals surface area (Å²) in [6.07, 6.45) is 1.50. The minimum Gasteiger partial charge on any atom is -0.496 e. The first-order valence-electron chi connectivity index (χ1n) is 6.25. The fraction of sp³-hybridized carbons (Fsp3) is 0.200. The van der Waals surface area contributed by atoms with Gasteiger partial charge in [-0.2, -0.15) is 0 Å². The van der Waals surface area contributed by atoms with Crippen molar-refractivity contribution < 1.29 is 19.0 Å². The number of esters is 1. The quantitative estimate of drug-likeness (QED) is 0.577. The molecule has 0 unspecified atom stereocenters. The molecule has 2 rings (SSSR count). The Kier molecular flexibility index (Phi) is 5.63. The largest absolute Gasteiger partial charge is 0.496 e. The minimum absolute atomic E-state index is 0.0247. The van der Waals surface area contributed by atoms with Crippen LogP contribution in [0.4, 0.5) is 0 Å². The van der Waals surface area contributed by atoms with Crippen molar-refractivity contribution in [2.75, 3.05) is 14.2 Å². The highest BCUT2D eigenvalue weighted by molar-refractivity contribution is 9.10. The maximum absolute atomic E-state index is 12.0.